The van der Waals surface area contributed by atoms with Gasteiger partial charge in [-0.25, -0.2) is 4.98 Å². The van der Waals surface area contributed by atoms with Gasteiger partial charge in [-0.1, -0.05) is 41.1 Å². The topological polar surface area (TPSA) is 12.9 Å². The molecule has 0 spiro atoms. The normalized spacial score (nSPS) is 11.6. The molecule has 0 atom stereocenters. The average molecular weight is 304 g/mol. The summed E-state index contributed by atoms with van der Waals surface area (Å²) in [5, 5.41) is 0.0631. The van der Waals surface area contributed by atoms with Gasteiger partial charge in [-0.2, -0.15) is 13.2 Å². The minimum absolute atomic E-state index is 0.163. The van der Waals surface area contributed by atoms with Crippen molar-refractivity contribution in [3.8, 4) is 0 Å². The van der Waals surface area contributed by atoms with Crippen LogP contribution in [0.4, 0.5) is 13.2 Å². The van der Waals surface area contributed by atoms with E-state index in [0.29, 0.717) is 0 Å². The van der Waals surface area contributed by atoms with Crippen molar-refractivity contribution in [1.29, 1.82) is 0 Å². The van der Waals surface area contributed by atoms with Crippen LogP contribution >= 0.6 is 23.4 Å². The zero-order chi connectivity index (χ0) is 14.0. The molecule has 0 bridgehead atoms. The second kappa shape index (κ2) is 5.43. The Balaban J connectivity index is 2.30. The zero-order valence-corrected chi connectivity index (χ0v) is 11.4. The number of hydrogen-bond acceptors (Lipinski definition) is 2. The Morgan fingerprint density at radius 3 is 2.32 bits per heavy atom. The Hall–Kier alpha value is -1.20. The van der Waals surface area contributed by atoms with Crippen molar-refractivity contribution in [3.05, 3.63) is 52.7 Å². The van der Waals surface area contributed by atoms with Crippen LogP contribution in [0.15, 0.2) is 46.3 Å². The third-order valence-electron chi connectivity index (χ3n) is 2.34. The van der Waals surface area contributed by atoms with Crippen molar-refractivity contribution >= 4 is 23.4 Å². The summed E-state index contributed by atoms with van der Waals surface area (Å²) in [6.45, 7) is 1.94. The molecule has 19 heavy (non-hydrogen) atoms. The molecule has 0 amide bonds. The molecule has 6 heteroatoms. The maximum Gasteiger partial charge on any atom is 0.416 e. The van der Waals surface area contributed by atoms with Gasteiger partial charge in [0.25, 0.3) is 0 Å². The molecular formula is C13H9ClF3NS. The number of hydrogen-bond donors (Lipinski definition) is 0. The van der Waals surface area contributed by atoms with Crippen molar-refractivity contribution in [3.63, 3.8) is 0 Å². The zero-order valence-electron chi connectivity index (χ0n) is 9.83. The second-order valence-electron chi connectivity index (χ2n) is 3.93. The molecule has 0 aliphatic heterocycles. The Bertz CT molecular complexity index is 581. The first kappa shape index (κ1) is 14.2. The lowest BCUT2D eigenvalue weighted by atomic mass is 10.2. The molecule has 0 radical (unpaired) electrons. The van der Waals surface area contributed by atoms with Gasteiger partial charge in [-0.3, -0.25) is 0 Å². The summed E-state index contributed by atoms with van der Waals surface area (Å²) in [6.07, 6.45) is -4.42. The highest BCUT2D eigenvalue weighted by atomic mass is 35.5. The summed E-state index contributed by atoms with van der Waals surface area (Å²) in [5.74, 6) is 0. The van der Waals surface area contributed by atoms with Gasteiger partial charge in [0.2, 0.25) is 0 Å². The summed E-state index contributed by atoms with van der Waals surface area (Å²) in [4.78, 5) is 4.71. The summed E-state index contributed by atoms with van der Waals surface area (Å²) in [5.41, 5.74) is 0.293. The van der Waals surface area contributed by atoms with Gasteiger partial charge in [0, 0.05) is 4.90 Å². The number of alkyl halides is 3. The van der Waals surface area contributed by atoms with Crippen molar-refractivity contribution in [1.82, 2.24) is 4.98 Å². The summed E-state index contributed by atoms with van der Waals surface area (Å²) < 4.78 is 37.9. The van der Waals surface area contributed by atoms with Crippen LogP contribution in [0, 0.1) is 6.92 Å². The highest BCUT2D eigenvalue weighted by Crippen LogP contribution is 2.35. The molecular weight excluding hydrogens is 295 g/mol. The molecule has 0 N–H and O–H groups in total. The van der Waals surface area contributed by atoms with Gasteiger partial charge >= 0.3 is 6.18 Å². The van der Waals surface area contributed by atoms with E-state index in [9.17, 15) is 13.2 Å². The minimum Gasteiger partial charge on any atom is -0.229 e. The number of aryl methyl sites for hydroxylation is 1. The van der Waals surface area contributed by atoms with E-state index in [1.807, 2.05) is 31.2 Å². The van der Waals surface area contributed by atoms with Gasteiger partial charge in [0.1, 0.15) is 10.2 Å². The van der Waals surface area contributed by atoms with Crippen LogP contribution in [0.1, 0.15) is 11.1 Å². The first-order valence-corrected chi connectivity index (χ1v) is 6.53. The average Bonchev–Trinajstić information content (AvgIpc) is 2.30. The number of benzene rings is 1. The molecule has 0 aliphatic rings. The molecule has 0 unspecified atom stereocenters. The number of halogens is 4. The van der Waals surface area contributed by atoms with E-state index in [0.717, 1.165) is 34.4 Å². The van der Waals surface area contributed by atoms with Crippen LogP contribution in [-0.2, 0) is 6.18 Å². The van der Waals surface area contributed by atoms with E-state index in [1.165, 1.54) is 0 Å². The van der Waals surface area contributed by atoms with Crippen LogP contribution in [-0.4, -0.2) is 4.98 Å². The Kier molecular flexibility index (Phi) is 4.06. The Morgan fingerprint density at radius 1 is 1.11 bits per heavy atom. The van der Waals surface area contributed by atoms with E-state index in [1.54, 1.807) is 0 Å². The fourth-order valence-corrected chi connectivity index (χ4v) is 2.52. The number of rotatable bonds is 2. The third kappa shape index (κ3) is 3.88. The summed E-state index contributed by atoms with van der Waals surface area (Å²) in [6, 6.07) is 9.25. The molecule has 0 aliphatic carbocycles. The maximum absolute atomic E-state index is 12.6. The monoisotopic (exact) mass is 303 g/mol. The number of nitrogens with zero attached hydrogens (tertiary/aromatic N) is 1. The van der Waals surface area contributed by atoms with Gasteiger partial charge in [0.15, 0.2) is 0 Å². The second-order valence-corrected chi connectivity index (χ2v) is 5.41. The smallest absolute Gasteiger partial charge is 0.229 e. The largest absolute Gasteiger partial charge is 0.416 e. The molecule has 1 heterocycles. The van der Waals surface area contributed by atoms with Crippen LogP contribution in [0.5, 0.6) is 0 Å². The van der Waals surface area contributed by atoms with Crippen molar-refractivity contribution < 1.29 is 13.2 Å². The highest BCUT2D eigenvalue weighted by Gasteiger charge is 2.31. The fraction of sp³-hybridized carbons (Fsp3) is 0.154. The maximum atomic E-state index is 12.6. The molecule has 1 aromatic heterocycles. The molecule has 0 saturated carbocycles. The van der Waals surface area contributed by atoms with E-state index < -0.39 is 11.7 Å². The summed E-state index contributed by atoms with van der Waals surface area (Å²) in [7, 11) is 0. The Labute approximate surface area is 117 Å². The minimum atomic E-state index is -4.42. The van der Waals surface area contributed by atoms with Crippen molar-refractivity contribution in [2.24, 2.45) is 0 Å². The lowest BCUT2D eigenvalue weighted by Gasteiger charge is -2.09. The van der Waals surface area contributed by atoms with Crippen LogP contribution in [0.25, 0.3) is 0 Å². The van der Waals surface area contributed by atoms with E-state index in [-0.39, 0.29) is 10.2 Å². The summed E-state index contributed by atoms with van der Waals surface area (Å²) >= 11 is 6.77. The number of aromatic nitrogens is 1. The predicted molar refractivity (Wildman–Crippen MR) is 69.6 cm³/mol. The SMILES string of the molecule is Cc1ccc(Sc2cc(C(F)(F)F)cc(Cl)n2)cc1. The lowest BCUT2D eigenvalue weighted by molar-refractivity contribution is -0.137. The van der Waals surface area contributed by atoms with Crippen LogP contribution < -0.4 is 0 Å². The van der Waals surface area contributed by atoms with E-state index >= 15 is 0 Å². The highest BCUT2D eigenvalue weighted by molar-refractivity contribution is 7.99. The molecule has 0 saturated heterocycles. The predicted octanol–water partition coefficient (Wildman–Crippen LogP) is 5.21. The molecule has 100 valence electrons. The van der Waals surface area contributed by atoms with Gasteiger partial charge in [0.05, 0.1) is 5.56 Å². The van der Waals surface area contributed by atoms with E-state index in [4.69, 9.17) is 11.6 Å². The Morgan fingerprint density at radius 2 is 1.74 bits per heavy atom. The molecule has 2 aromatic rings. The van der Waals surface area contributed by atoms with Gasteiger partial charge in [-0.05, 0) is 31.2 Å². The standard InChI is InChI=1S/C13H9ClF3NS/c1-8-2-4-10(5-3-8)19-12-7-9(13(15,16)17)6-11(14)18-12/h2-7H,1H3. The van der Waals surface area contributed by atoms with Gasteiger partial charge in [-0.15, -0.1) is 0 Å². The first-order valence-electron chi connectivity index (χ1n) is 5.34. The van der Waals surface area contributed by atoms with Crippen LogP contribution in [0.2, 0.25) is 5.15 Å². The van der Waals surface area contributed by atoms with Crippen LogP contribution in [0.3, 0.4) is 0 Å². The first-order chi connectivity index (χ1) is 8.84. The van der Waals surface area contributed by atoms with E-state index in [2.05, 4.69) is 4.98 Å². The lowest BCUT2D eigenvalue weighted by Crippen LogP contribution is -2.05. The molecule has 2 rings (SSSR count). The number of pyridine rings is 1. The molecule has 1 nitrogen and oxygen atoms in total. The third-order valence-corrected chi connectivity index (χ3v) is 3.46. The molecule has 0 fully saturated rings. The molecule has 1 aromatic carbocycles. The fourth-order valence-electron chi connectivity index (χ4n) is 1.42. The quantitative estimate of drug-likeness (QED) is 0.706. The van der Waals surface area contributed by atoms with Crippen molar-refractivity contribution in [2.45, 2.75) is 23.0 Å². The van der Waals surface area contributed by atoms with Gasteiger partial charge < -0.3 is 0 Å². The van der Waals surface area contributed by atoms with Crippen molar-refractivity contribution in [2.75, 3.05) is 0 Å².